The van der Waals surface area contributed by atoms with Gasteiger partial charge in [-0.2, -0.15) is 13.2 Å². The molecule has 2 heterocycles. The third-order valence-electron chi connectivity index (χ3n) is 4.19. The molecule has 4 rings (SSSR count). The van der Waals surface area contributed by atoms with Crippen molar-refractivity contribution in [1.29, 1.82) is 0 Å². The number of fused-ring (bicyclic) bond motifs is 2. The van der Waals surface area contributed by atoms with E-state index in [2.05, 4.69) is 4.98 Å². The molecule has 4 N–H and O–H groups in total. The topological polar surface area (TPSA) is 117 Å². The number of para-hydroxylation sites is 2. The third kappa shape index (κ3) is 4.13. The second-order valence-corrected chi connectivity index (χ2v) is 5.78. The zero-order valence-electron chi connectivity index (χ0n) is 15.1. The van der Waals surface area contributed by atoms with E-state index in [1.54, 1.807) is 42.5 Å². The minimum absolute atomic E-state index is 0. The molecular formula is C19H14F3LiN2O4. The average molecular weight is 398 g/mol. The number of hydrogen-bond donors (Lipinski definition) is 1. The summed E-state index contributed by atoms with van der Waals surface area (Å²) in [6.07, 6.45) is -3.27. The van der Waals surface area contributed by atoms with Gasteiger partial charge in [-0.25, -0.2) is 9.78 Å². The van der Waals surface area contributed by atoms with Gasteiger partial charge in [0.2, 0.25) is 0 Å². The fourth-order valence-corrected chi connectivity index (χ4v) is 3.05. The molecule has 29 heavy (non-hydrogen) atoms. The Morgan fingerprint density at radius 3 is 2.21 bits per heavy atom. The van der Waals surface area contributed by atoms with E-state index in [0.717, 1.165) is 6.07 Å². The number of aromatic nitrogens is 2. The van der Waals surface area contributed by atoms with Crippen LogP contribution in [0, 0.1) is 0 Å². The summed E-state index contributed by atoms with van der Waals surface area (Å²) in [4.78, 5) is 15.2. The van der Waals surface area contributed by atoms with Crippen LogP contribution in [0.15, 0.2) is 60.8 Å². The molecule has 0 amide bonds. The van der Waals surface area contributed by atoms with Crippen molar-refractivity contribution in [2.24, 2.45) is 0 Å². The first-order chi connectivity index (χ1) is 12.4. The van der Waals surface area contributed by atoms with Gasteiger partial charge in [-0.3, -0.25) is 0 Å². The average Bonchev–Trinajstić information content (AvgIpc) is 3.00. The number of rotatable bonds is 2. The van der Waals surface area contributed by atoms with Crippen molar-refractivity contribution in [3.05, 3.63) is 72.1 Å². The van der Waals surface area contributed by atoms with Crippen LogP contribution in [0.2, 0.25) is 0 Å². The molecule has 4 aromatic rings. The molecule has 0 radical (unpaired) electrons. The van der Waals surface area contributed by atoms with E-state index in [1.807, 2.05) is 0 Å². The summed E-state index contributed by atoms with van der Waals surface area (Å²) >= 11 is 0. The molecule has 0 spiro atoms. The summed E-state index contributed by atoms with van der Waals surface area (Å²) in [7, 11) is 0. The van der Waals surface area contributed by atoms with Gasteiger partial charge in [0.15, 0.2) is 0 Å². The molecule has 0 bridgehead atoms. The Morgan fingerprint density at radius 2 is 1.59 bits per heavy atom. The van der Waals surface area contributed by atoms with Gasteiger partial charge in [-0.05, 0) is 18.2 Å². The molecule has 0 aliphatic heterocycles. The number of alkyl halides is 3. The van der Waals surface area contributed by atoms with Gasteiger partial charge in [0.05, 0.1) is 22.3 Å². The zero-order chi connectivity index (χ0) is 18.5. The summed E-state index contributed by atoms with van der Waals surface area (Å²) in [5.74, 6) is -1.14. The minimum atomic E-state index is -4.61. The van der Waals surface area contributed by atoms with Crippen molar-refractivity contribution in [3.8, 4) is 5.69 Å². The summed E-state index contributed by atoms with van der Waals surface area (Å²) < 4.78 is 41.3. The van der Waals surface area contributed by atoms with Crippen LogP contribution in [-0.2, 0) is 6.18 Å². The molecule has 6 nitrogen and oxygen atoms in total. The number of hydrogen-bond acceptors (Lipinski definition) is 3. The van der Waals surface area contributed by atoms with Crippen molar-refractivity contribution in [2.75, 3.05) is 0 Å². The van der Waals surface area contributed by atoms with E-state index in [1.165, 1.54) is 16.8 Å². The van der Waals surface area contributed by atoms with Crippen LogP contribution in [0.4, 0.5) is 13.2 Å². The normalized spacial score (nSPS) is 10.7. The van der Waals surface area contributed by atoms with Crippen LogP contribution in [-0.4, -0.2) is 31.6 Å². The third-order valence-corrected chi connectivity index (χ3v) is 4.19. The molecule has 2 aromatic heterocycles. The van der Waals surface area contributed by atoms with Crippen LogP contribution < -0.4 is 18.9 Å². The maximum Gasteiger partial charge on any atom is 1.00 e. The molecule has 0 aliphatic rings. The second-order valence-electron chi connectivity index (χ2n) is 5.78. The van der Waals surface area contributed by atoms with Gasteiger partial charge >= 0.3 is 31.0 Å². The maximum absolute atomic E-state index is 13.3. The first kappa shape index (κ1) is 24.2. The molecule has 0 saturated heterocycles. The standard InChI is InChI=1S/C19H11F3N2O2.Li.2H2O/c20-19(21,22)17-9-16(12-6-1-3-7-14(12)23-17)24-10-13(18(25)26)11-5-2-4-8-15(11)24;;;/h1-10H,(H,25,26);;2*1H2/q;+1;;/p-1. The number of carboxylic acids is 1. The molecule has 146 valence electrons. The number of halogens is 3. The molecular weight excluding hydrogens is 384 g/mol. The van der Waals surface area contributed by atoms with Gasteiger partial charge < -0.3 is 20.6 Å². The van der Waals surface area contributed by atoms with Gasteiger partial charge in [0.1, 0.15) is 5.69 Å². The molecule has 2 aromatic carbocycles. The molecule has 10 heteroatoms. The van der Waals surface area contributed by atoms with E-state index < -0.39 is 17.8 Å². The van der Waals surface area contributed by atoms with Crippen LogP contribution in [0.5, 0.6) is 0 Å². The van der Waals surface area contributed by atoms with Crippen molar-refractivity contribution in [2.45, 2.75) is 6.18 Å². The fraction of sp³-hybridized carbons (Fsp3) is 0.0526. The number of carboxylic acid groups (broad SMARTS) is 1. The monoisotopic (exact) mass is 398 g/mol. The Labute approximate surface area is 174 Å². The molecule has 0 saturated carbocycles. The number of nitrogens with zero attached hydrogens (tertiary/aromatic N) is 2. The van der Waals surface area contributed by atoms with E-state index in [0.29, 0.717) is 16.3 Å². The van der Waals surface area contributed by atoms with Crippen LogP contribution >= 0.6 is 0 Å². The van der Waals surface area contributed by atoms with E-state index >= 15 is 0 Å². The Kier molecular flexibility index (Phi) is 7.24. The maximum atomic E-state index is 13.3. The van der Waals surface area contributed by atoms with Crippen molar-refractivity contribution in [1.82, 2.24) is 9.55 Å². The first-order valence-corrected chi connectivity index (χ1v) is 7.67. The summed E-state index contributed by atoms with van der Waals surface area (Å²) in [5, 5.41) is 10.4. The van der Waals surface area contributed by atoms with E-state index in [4.69, 9.17) is 0 Å². The summed E-state index contributed by atoms with van der Waals surface area (Å²) in [6, 6.07) is 14.1. The smallest absolute Gasteiger partial charge is 0.870 e. The Hall–Kier alpha value is -2.83. The van der Waals surface area contributed by atoms with Crippen LogP contribution in [0.3, 0.4) is 0 Å². The number of pyridine rings is 1. The van der Waals surface area contributed by atoms with Crippen LogP contribution in [0.25, 0.3) is 27.5 Å². The number of carbonyl (C=O) groups is 1. The van der Waals surface area contributed by atoms with E-state index in [9.17, 15) is 23.1 Å². The quantitative estimate of drug-likeness (QED) is 0.505. The number of aromatic carboxylic acids is 1. The van der Waals surface area contributed by atoms with Crippen molar-refractivity contribution < 1.29 is 52.9 Å². The van der Waals surface area contributed by atoms with Crippen LogP contribution in [0.1, 0.15) is 16.1 Å². The van der Waals surface area contributed by atoms with Crippen molar-refractivity contribution >= 4 is 27.8 Å². The van der Waals surface area contributed by atoms with Gasteiger partial charge in [0, 0.05) is 17.0 Å². The predicted molar refractivity (Wildman–Crippen MR) is 96.1 cm³/mol. The summed E-state index contributed by atoms with van der Waals surface area (Å²) in [5.41, 5.74) is -0.0797. The summed E-state index contributed by atoms with van der Waals surface area (Å²) in [6.45, 7) is 0. The van der Waals surface area contributed by atoms with Gasteiger partial charge in [-0.1, -0.05) is 36.4 Å². The number of benzene rings is 2. The van der Waals surface area contributed by atoms with Gasteiger partial charge in [0.25, 0.3) is 0 Å². The first-order valence-electron chi connectivity index (χ1n) is 7.67. The zero-order valence-corrected chi connectivity index (χ0v) is 15.1. The molecule has 0 unspecified atom stereocenters. The molecule has 0 fully saturated rings. The SMILES string of the molecule is O.O=C(O)c1cn(-c2cc(C(F)(F)F)nc3ccccc23)c2ccccc12.[Li+].[OH-]. The predicted octanol–water partition coefficient (Wildman–Crippen LogP) is 0.898. The minimum Gasteiger partial charge on any atom is -0.870 e. The largest absolute Gasteiger partial charge is 1.00 e. The Morgan fingerprint density at radius 1 is 1.00 bits per heavy atom. The van der Waals surface area contributed by atoms with Gasteiger partial charge in [-0.15, -0.1) is 0 Å². The van der Waals surface area contributed by atoms with E-state index in [-0.39, 0.29) is 46.6 Å². The second kappa shape index (κ2) is 8.67. The fourth-order valence-electron chi connectivity index (χ4n) is 3.05. The van der Waals surface area contributed by atoms with Crippen molar-refractivity contribution in [3.63, 3.8) is 0 Å². The Bertz CT molecular complexity index is 1180. The molecule has 0 atom stereocenters. The molecule has 0 aliphatic carbocycles. The Balaban J connectivity index is 0.00000140.